The van der Waals surface area contributed by atoms with E-state index < -0.39 is 12.2 Å². The number of guanidine groups is 1. The Morgan fingerprint density at radius 1 is 1.19 bits per heavy atom. The van der Waals surface area contributed by atoms with E-state index in [9.17, 15) is 13.2 Å². The number of nitrogens with one attached hydrogen (secondary N) is 1. The second-order valence-corrected chi connectivity index (χ2v) is 6.25. The number of hydrogen-bond acceptors (Lipinski definition) is 3. The molecule has 27 heavy (non-hydrogen) atoms. The van der Waals surface area contributed by atoms with Crippen molar-refractivity contribution in [3.8, 4) is 0 Å². The summed E-state index contributed by atoms with van der Waals surface area (Å²) >= 11 is 0. The average molecular weight is 500 g/mol. The van der Waals surface area contributed by atoms with Crippen LogP contribution in [0.15, 0.2) is 35.3 Å². The first-order valence-electron chi connectivity index (χ1n) is 8.80. The molecule has 1 unspecified atom stereocenters. The Hall–Kier alpha value is -1.07. The van der Waals surface area contributed by atoms with Crippen LogP contribution < -0.4 is 5.32 Å². The maximum Gasteiger partial charge on any atom is 0.403 e. The SMILES string of the molecule is CN=C(NCCOCc1ccccc1)N1CCN(C(C)C(F)(F)F)CC1.I. The molecule has 1 N–H and O–H groups in total. The molecule has 1 fully saturated rings. The minimum atomic E-state index is -4.18. The highest BCUT2D eigenvalue weighted by Crippen LogP contribution is 2.25. The Morgan fingerprint density at radius 3 is 2.37 bits per heavy atom. The molecule has 1 heterocycles. The van der Waals surface area contributed by atoms with Crippen molar-refractivity contribution in [2.75, 3.05) is 46.4 Å². The number of rotatable bonds is 6. The molecule has 2 rings (SSSR count). The molecule has 0 aliphatic carbocycles. The van der Waals surface area contributed by atoms with Crippen LogP contribution in [-0.2, 0) is 11.3 Å². The van der Waals surface area contributed by atoms with Gasteiger partial charge in [0.1, 0.15) is 6.04 Å². The molecule has 0 aromatic heterocycles. The van der Waals surface area contributed by atoms with E-state index in [0.717, 1.165) is 5.56 Å². The fourth-order valence-electron chi connectivity index (χ4n) is 2.86. The first kappa shape index (κ1) is 24.0. The lowest BCUT2D eigenvalue weighted by Gasteiger charge is -2.39. The highest BCUT2D eigenvalue weighted by molar-refractivity contribution is 14.0. The van der Waals surface area contributed by atoms with Crippen molar-refractivity contribution in [1.29, 1.82) is 0 Å². The van der Waals surface area contributed by atoms with E-state index in [1.54, 1.807) is 7.05 Å². The zero-order chi connectivity index (χ0) is 19.0. The summed E-state index contributed by atoms with van der Waals surface area (Å²) in [5, 5.41) is 3.21. The second kappa shape index (κ2) is 11.7. The van der Waals surface area contributed by atoms with E-state index in [1.807, 2.05) is 35.2 Å². The third kappa shape index (κ3) is 7.82. The molecular formula is C18H28F3IN4O. The maximum absolute atomic E-state index is 12.8. The average Bonchev–Trinajstić information content (AvgIpc) is 2.64. The van der Waals surface area contributed by atoms with Crippen molar-refractivity contribution < 1.29 is 17.9 Å². The molecule has 1 atom stereocenters. The van der Waals surface area contributed by atoms with Crippen LogP contribution in [0.2, 0.25) is 0 Å². The normalized spacial score (nSPS) is 17.4. The summed E-state index contributed by atoms with van der Waals surface area (Å²) < 4.78 is 44.1. The smallest absolute Gasteiger partial charge is 0.375 e. The van der Waals surface area contributed by atoms with Gasteiger partial charge in [-0.2, -0.15) is 13.2 Å². The Bertz CT molecular complexity index is 563. The molecule has 1 aliphatic heterocycles. The summed E-state index contributed by atoms with van der Waals surface area (Å²) in [5.41, 5.74) is 1.12. The molecule has 1 aliphatic rings. The zero-order valence-electron chi connectivity index (χ0n) is 15.7. The van der Waals surface area contributed by atoms with Crippen molar-refractivity contribution >= 4 is 29.9 Å². The van der Waals surface area contributed by atoms with Gasteiger partial charge in [-0.3, -0.25) is 9.89 Å². The molecule has 0 saturated carbocycles. The lowest BCUT2D eigenvalue weighted by molar-refractivity contribution is -0.181. The number of aliphatic imine (C=N–C) groups is 1. The van der Waals surface area contributed by atoms with E-state index >= 15 is 0 Å². The third-order valence-electron chi connectivity index (χ3n) is 4.49. The largest absolute Gasteiger partial charge is 0.403 e. The molecule has 1 saturated heterocycles. The molecule has 1 aromatic rings. The van der Waals surface area contributed by atoms with E-state index in [2.05, 4.69) is 10.3 Å². The molecule has 154 valence electrons. The van der Waals surface area contributed by atoms with Crippen molar-refractivity contribution in [2.45, 2.75) is 25.7 Å². The molecule has 1 aromatic carbocycles. The number of alkyl halides is 3. The van der Waals surface area contributed by atoms with Crippen LogP contribution in [-0.4, -0.2) is 74.4 Å². The Labute approximate surface area is 176 Å². The van der Waals surface area contributed by atoms with E-state index in [0.29, 0.717) is 51.9 Å². The predicted molar refractivity (Wildman–Crippen MR) is 112 cm³/mol. The molecule has 0 spiro atoms. The van der Waals surface area contributed by atoms with Gasteiger partial charge in [-0.25, -0.2) is 0 Å². The summed E-state index contributed by atoms with van der Waals surface area (Å²) in [6, 6.07) is 8.51. The van der Waals surface area contributed by atoms with Crippen LogP contribution in [0.1, 0.15) is 12.5 Å². The quantitative estimate of drug-likeness (QED) is 0.282. The number of halogens is 4. The topological polar surface area (TPSA) is 40.1 Å². The van der Waals surface area contributed by atoms with Crippen molar-refractivity contribution in [2.24, 2.45) is 4.99 Å². The van der Waals surface area contributed by atoms with Gasteiger partial charge < -0.3 is 15.0 Å². The summed E-state index contributed by atoms with van der Waals surface area (Å²) in [5.74, 6) is 0.702. The first-order valence-corrected chi connectivity index (χ1v) is 8.80. The van der Waals surface area contributed by atoms with Gasteiger partial charge in [0, 0.05) is 39.8 Å². The molecule has 9 heteroatoms. The third-order valence-corrected chi connectivity index (χ3v) is 4.49. The summed E-state index contributed by atoms with van der Waals surface area (Å²) in [4.78, 5) is 7.67. The highest BCUT2D eigenvalue weighted by Gasteiger charge is 2.41. The van der Waals surface area contributed by atoms with Crippen molar-refractivity contribution in [3.05, 3.63) is 35.9 Å². The lowest BCUT2D eigenvalue weighted by Crippen LogP contribution is -2.57. The maximum atomic E-state index is 12.8. The Morgan fingerprint density at radius 2 is 1.81 bits per heavy atom. The fourth-order valence-corrected chi connectivity index (χ4v) is 2.86. The van der Waals surface area contributed by atoms with Crippen LogP contribution in [0.3, 0.4) is 0 Å². The van der Waals surface area contributed by atoms with Gasteiger partial charge in [-0.05, 0) is 12.5 Å². The predicted octanol–water partition coefficient (Wildman–Crippen LogP) is 2.97. The van der Waals surface area contributed by atoms with Crippen LogP contribution >= 0.6 is 24.0 Å². The van der Waals surface area contributed by atoms with Crippen LogP contribution in [0, 0.1) is 0 Å². The van der Waals surface area contributed by atoms with Gasteiger partial charge in [0.2, 0.25) is 0 Å². The van der Waals surface area contributed by atoms with Gasteiger partial charge in [0.15, 0.2) is 5.96 Å². The van der Waals surface area contributed by atoms with E-state index in [4.69, 9.17) is 4.74 Å². The van der Waals surface area contributed by atoms with Crippen molar-refractivity contribution in [1.82, 2.24) is 15.1 Å². The summed E-state index contributed by atoms with van der Waals surface area (Å²) in [6.07, 6.45) is -4.18. The number of nitrogens with zero attached hydrogens (tertiary/aromatic N) is 3. The summed E-state index contributed by atoms with van der Waals surface area (Å²) in [6.45, 7) is 4.66. The molecule has 5 nitrogen and oxygen atoms in total. The first-order chi connectivity index (χ1) is 12.4. The van der Waals surface area contributed by atoms with Crippen LogP contribution in [0.5, 0.6) is 0 Å². The van der Waals surface area contributed by atoms with Gasteiger partial charge in [-0.15, -0.1) is 24.0 Å². The molecule has 0 radical (unpaired) electrons. The van der Waals surface area contributed by atoms with E-state index in [-0.39, 0.29) is 24.0 Å². The monoisotopic (exact) mass is 500 g/mol. The highest BCUT2D eigenvalue weighted by atomic mass is 127. The minimum Gasteiger partial charge on any atom is -0.375 e. The zero-order valence-corrected chi connectivity index (χ0v) is 18.0. The van der Waals surface area contributed by atoms with E-state index in [1.165, 1.54) is 11.8 Å². The molecular weight excluding hydrogens is 472 g/mol. The molecule has 0 amide bonds. The van der Waals surface area contributed by atoms with Gasteiger partial charge >= 0.3 is 6.18 Å². The number of benzene rings is 1. The van der Waals surface area contributed by atoms with Gasteiger partial charge in [0.25, 0.3) is 0 Å². The number of ether oxygens (including phenoxy) is 1. The van der Waals surface area contributed by atoms with Crippen LogP contribution in [0.25, 0.3) is 0 Å². The van der Waals surface area contributed by atoms with Crippen LogP contribution in [0.4, 0.5) is 13.2 Å². The second-order valence-electron chi connectivity index (χ2n) is 6.25. The lowest BCUT2D eigenvalue weighted by atomic mass is 10.2. The van der Waals surface area contributed by atoms with Gasteiger partial charge in [0.05, 0.1) is 13.2 Å². The number of piperazine rings is 1. The molecule has 0 bridgehead atoms. The minimum absolute atomic E-state index is 0. The number of hydrogen-bond donors (Lipinski definition) is 1. The Balaban J connectivity index is 0.00000364. The summed E-state index contributed by atoms with van der Waals surface area (Å²) in [7, 11) is 1.68. The fraction of sp³-hybridized carbons (Fsp3) is 0.611. The standard InChI is InChI=1S/C18H27F3N4O.HI/c1-15(18(19,20)21)24-9-11-25(12-10-24)17(22-2)23-8-13-26-14-16-6-4-3-5-7-16;/h3-7,15H,8-14H2,1-2H3,(H,22,23);1H. The van der Waals surface area contributed by atoms with Crippen molar-refractivity contribution in [3.63, 3.8) is 0 Å². The Kier molecular flexibility index (Phi) is 10.4. The van der Waals surface area contributed by atoms with Gasteiger partial charge in [-0.1, -0.05) is 30.3 Å².